The lowest BCUT2D eigenvalue weighted by molar-refractivity contribution is -0.148. The summed E-state index contributed by atoms with van der Waals surface area (Å²) in [6.45, 7) is 0.0241. The van der Waals surface area contributed by atoms with Crippen molar-refractivity contribution in [1.29, 1.82) is 0 Å². The van der Waals surface area contributed by atoms with E-state index in [0.29, 0.717) is 0 Å². The summed E-state index contributed by atoms with van der Waals surface area (Å²) >= 11 is 0. The summed E-state index contributed by atoms with van der Waals surface area (Å²) in [6, 6.07) is 0. The van der Waals surface area contributed by atoms with Gasteiger partial charge in [-0.15, -0.1) is 0 Å². The second-order valence-corrected chi connectivity index (χ2v) is 3.54. The van der Waals surface area contributed by atoms with Gasteiger partial charge in [-0.2, -0.15) is 0 Å². The summed E-state index contributed by atoms with van der Waals surface area (Å²) in [6.07, 6.45) is -11.5. The van der Waals surface area contributed by atoms with E-state index < -0.39 is 49.1 Å². The molecule has 0 rings (SSSR count). The fraction of sp³-hybridized carbons (Fsp3) is 0.667. The van der Waals surface area contributed by atoms with Crippen LogP contribution < -0.4 is 0 Å². The Kier molecular flexibility index (Phi) is 6.75. The minimum atomic E-state index is -2.05. The highest BCUT2D eigenvalue weighted by Gasteiger charge is 2.38. The summed E-state index contributed by atoms with van der Waals surface area (Å²) in [4.78, 5) is 31.4. The molecule has 0 spiro atoms. The van der Waals surface area contributed by atoms with Crippen molar-refractivity contribution in [3.05, 3.63) is 0 Å². The van der Waals surface area contributed by atoms with Crippen molar-refractivity contribution in [1.82, 2.24) is 0 Å². The minimum Gasteiger partial charge on any atom is -0.450 e. The highest BCUT2D eigenvalue weighted by Crippen LogP contribution is 2.11. The van der Waals surface area contributed by atoms with Crippen molar-refractivity contribution in [2.75, 3.05) is 6.61 Å². The van der Waals surface area contributed by atoms with Crippen LogP contribution in [-0.2, 0) is 14.3 Å². The molecule has 5 N–H and O–H groups in total. The molecule has 0 aliphatic rings. The summed E-state index contributed by atoms with van der Waals surface area (Å²) in [7, 11) is 0. The Morgan fingerprint density at radius 3 is 1.95 bits per heavy atom. The van der Waals surface area contributed by atoms with Crippen LogP contribution in [0, 0.1) is 0 Å². The third-order valence-corrected chi connectivity index (χ3v) is 2.07. The maximum atomic E-state index is 10.9. The number of carboxylic acid groups (broad SMARTS) is 2. The molecule has 0 bridgehead atoms. The van der Waals surface area contributed by atoms with Gasteiger partial charge in [0.2, 0.25) is 0 Å². The molecule has 0 aromatic rings. The number of hydrogen-bond donors (Lipinski definition) is 5. The van der Waals surface area contributed by atoms with Crippen molar-refractivity contribution in [2.24, 2.45) is 0 Å². The van der Waals surface area contributed by atoms with Gasteiger partial charge in [-0.1, -0.05) is 0 Å². The van der Waals surface area contributed by atoms with Gasteiger partial charge in [-0.25, -0.2) is 9.59 Å². The fourth-order valence-corrected chi connectivity index (χ4v) is 1.14. The first-order valence-corrected chi connectivity index (χ1v) is 4.96. The first kappa shape index (κ1) is 17.1. The number of ketones is 1. The summed E-state index contributed by atoms with van der Waals surface area (Å²) in [5.41, 5.74) is 0. The molecule has 0 saturated heterocycles. The Bertz CT molecular complexity index is 340. The first-order chi connectivity index (χ1) is 8.66. The zero-order chi connectivity index (χ0) is 15.2. The molecule has 0 aromatic carbocycles. The van der Waals surface area contributed by atoms with Gasteiger partial charge < -0.3 is 35.0 Å². The number of aliphatic hydroxyl groups excluding tert-OH is 3. The number of hydrogen-bond acceptors (Lipinski definition) is 8. The van der Waals surface area contributed by atoms with Gasteiger partial charge in [-0.05, 0) is 6.92 Å². The predicted molar refractivity (Wildman–Crippen MR) is 55.6 cm³/mol. The molecule has 4 atom stereocenters. The average molecular weight is 282 g/mol. The van der Waals surface area contributed by atoms with Gasteiger partial charge in [0.15, 0.2) is 18.0 Å². The molecular formula is C9H14O10. The molecule has 0 fully saturated rings. The van der Waals surface area contributed by atoms with Gasteiger partial charge in [0.05, 0.1) is 0 Å². The molecule has 110 valence electrons. The maximum absolute atomic E-state index is 10.9. The Hall–Kier alpha value is -1.91. The lowest BCUT2D eigenvalue weighted by Crippen LogP contribution is -2.50. The molecular weight excluding hydrogens is 268 g/mol. The third-order valence-electron chi connectivity index (χ3n) is 2.07. The second-order valence-electron chi connectivity index (χ2n) is 3.54. The number of carbonyl (C=O) groups is 3. The number of aliphatic hydroxyl groups is 3. The molecule has 10 nitrogen and oxygen atoms in total. The van der Waals surface area contributed by atoms with Crippen molar-refractivity contribution >= 4 is 18.1 Å². The molecule has 0 aliphatic heterocycles. The van der Waals surface area contributed by atoms with E-state index in [1.54, 1.807) is 0 Å². The van der Waals surface area contributed by atoms with Gasteiger partial charge in [0, 0.05) is 0 Å². The van der Waals surface area contributed by atoms with E-state index in [9.17, 15) is 29.7 Å². The average Bonchev–Trinajstić information content (AvgIpc) is 2.30. The van der Waals surface area contributed by atoms with Crippen LogP contribution in [0.5, 0.6) is 0 Å². The molecule has 10 heteroatoms. The largest absolute Gasteiger partial charge is 0.506 e. The van der Waals surface area contributed by atoms with Gasteiger partial charge in [0.1, 0.15) is 18.8 Å². The minimum absolute atomic E-state index is 0.888. The van der Waals surface area contributed by atoms with Crippen molar-refractivity contribution in [3.63, 3.8) is 0 Å². The Morgan fingerprint density at radius 2 is 1.58 bits per heavy atom. The maximum Gasteiger partial charge on any atom is 0.506 e. The van der Waals surface area contributed by atoms with E-state index in [4.69, 9.17) is 10.2 Å². The zero-order valence-electron chi connectivity index (χ0n) is 9.79. The summed E-state index contributed by atoms with van der Waals surface area (Å²) < 4.78 is 8.05. The lowest BCUT2D eigenvalue weighted by atomic mass is 10.0. The summed E-state index contributed by atoms with van der Waals surface area (Å²) in [5, 5.41) is 44.8. The van der Waals surface area contributed by atoms with E-state index in [1.807, 2.05) is 0 Å². The van der Waals surface area contributed by atoms with E-state index in [1.165, 1.54) is 0 Å². The molecule has 0 unspecified atom stereocenters. The molecule has 0 aliphatic carbocycles. The standard InChI is InChI=1S/C9H14O10/c1-3(10)5(12)7(19-9(16)17)6(13)4(11)2-18-8(14)15/h4-7,11-13H,2H2,1H3,(H,14,15)(H,16,17)/t4-,5+,6-,7-/m1/s1. The number of carbonyl (C=O) groups excluding carboxylic acids is 1. The van der Waals surface area contributed by atoms with E-state index in [2.05, 4.69) is 9.47 Å². The first-order valence-electron chi connectivity index (χ1n) is 4.96. The molecule has 0 amide bonds. The Morgan fingerprint density at radius 1 is 1.05 bits per heavy atom. The van der Waals surface area contributed by atoms with Crippen LogP contribution >= 0.6 is 0 Å². The van der Waals surface area contributed by atoms with Crippen LogP contribution in [0.2, 0.25) is 0 Å². The van der Waals surface area contributed by atoms with Crippen molar-refractivity contribution in [2.45, 2.75) is 31.3 Å². The van der Waals surface area contributed by atoms with Crippen molar-refractivity contribution in [3.8, 4) is 0 Å². The second kappa shape index (κ2) is 7.51. The van der Waals surface area contributed by atoms with Gasteiger partial charge >= 0.3 is 12.3 Å². The van der Waals surface area contributed by atoms with Crippen LogP contribution in [0.1, 0.15) is 6.92 Å². The highest BCUT2D eigenvalue weighted by molar-refractivity contribution is 5.81. The SMILES string of the molecule is CC(=O)[C@H](O)[C@@H](OC(=O)O)[C@H](O)[C@H](O)COC(=O)O. The zero-order valence-corrected chi connectivity index (χ0v) is 9.79. The topological polar surface area (TPSA) is 171 Å². The third kappa shape index (κ3) is 5.99. The monoisotopic (exact) mass is 282 g/mol. The van der Waals surface area contributed by atoms with Crippen molar-refractivity contribution < 1.29 is 49.4 Å². The Balaban J connectivity index is 4.78. The fourth-order valence-electron chi connectivity index (χ4n) is 1.14. The normalized spacial score (nSPS) is 16.8. The summed E-state index contributed by atoms with van der Waals surface area (Å²) in [5.74, 6) is -0.906. The molecule has 0 aromatic heterocycles. The lowest BCUT2D eigenvalue weighted by Gasteiger charge is -2.27. The smallest absolute Gasteiger partial charge is 0.450 e. The Labute approximate surface area is 106 Å². The highest BCUT2D eigenvalue weighted by atomic mass is 16.7. The quantitative estimate of drug-likeness (QED) is 0.343. The van der Waals surface area contributed by atoms with E-state index in [-0.39, 0.29) is 0 Å². The molecule has 0 saturated carbocycles. The molecule has 19 heavy (non-hydrogen) atoms. The van der Waals surface area contributed by atoms with Crippen LogP contribution in [0.4, 0.5) is 9.59 Å². The molecule has 0 heterocycles. The van der Waals surface area contributed by atoms with E-state index in [0.717, 1.165) is 6.92 Å². The number of rotatable bonds is 7. The van der Waals surface area contributed by atoms with Gasteiger partial charge in [-0.3, -0.25) is 4.79 Å². The molecule has 0 radical (unpaired) electrons. The van der Waals surface area contributed by atoms with E-state index >= 15 is 0 Å². The van der Waals surface area contributed by atoms with Crippen LogP contribution in [-0.4, -0.2) is 74.6 Å². The predicted octanol–water partition coefficient (Wildman–Crippen LogP) is -1.58. The van der Waals surface area contributed by atoms with Crippen LogP contribution in [0.25, 0.3) is 0 Å². The van der Waals surface area contributed by atoms with Crippen LogP contribution in [0.15, 0.2) is 0 Å². The number of Topliss-reactive ketones (excluding diaryl/α,β-unsaturated/α-hetero) is 1. The van der Waals surface area contributed by atoms with Crippen LogP contribution in [0.3, 0.4) is 0 Å². The number of ether oxygens (including phenoxy) is 2. The van der Waals surface area contributed by atoms with Gasteiger partial charge in [0.25, 0.3) is 0 Å².